The van der Waals surface area contributed by atoms with Crippen molar-refractivity contribution >= 4 is 11.8 Å². The minimum atomic E-state index is -0.0327. The van der Waals surface area contributed by atoms with Gasteiger partial charge in [0.2, 0.25) is 0 Å². The molecule has 1 spiro atoms. The number of rotatable bonds is 5. The van der Waals surface area contributed by atoms with Crippen LogP contribution in [0.3, 0.4) is 0 Å². The third-order valence-corrected chi connectivity index (χ3v) is 6.05. The number of aromatic nitrogens is 1. The topological polar surface area (TPSA) is 61.8 Å². The number of para-hydroxylation sites is 1. The Kier molecular flexibility index (Phi) is 6.11. The Morgan fingerprint density at radius 3 is 2.80 bits per heavy atom. The van der Waals surface area contributed by atoms with Gasteiger partial charge in [-0.05, 0) is 56.4 Å². The van der Waals surface area contributed by atoms with E-state index in [1.807, 2.05) is 31.3 Å². The van der Waals surface area contributed by atoms with Gasteiger partial charge in [0.1, 0.15) is 17.2 Å². The number of benzene rings is 1. The van der Waals surface area contributed by atoms with Crippen molar-refractivity contribution in [3.63, 3.8) is 0 Å². The largest absolute Gasteiger partial charge is 0.487 e. The molecule has 6 heteroatoms. The van der Waals surface area contributed by atoms with E-state index in [2.05, 4.69) is 52.9 Å². The fraction of sp³-hybridized carbons (Fsp3) is 0.500. The Morgan fingerprint density at radius 1 is 1.23 bits per heavy atom. The number of pyridine rings is 1. The molecular formula is C24H33N5O. The average molecular weight is 408 g/mol. The maximum absolute atomic E-state index is 6.51. The summed E-state index contributed by atoms with van der Waals surface area (Å²) < 4.78 is 6.51. The number of ether oxygens (including phenoxy) is 1. The number of nitrogens with zero attached hydrogens (tertiary/aromatic N) is 3. The summed E-state index contributed by atoms with van der Waals surface area (Å²) in [4.78, 5) is 11.3. The van der Waals surface area contributed by atoms with Crippen LogP contribution >= 0.6 is 0 Å². The van der Waals surface area contributed by atoms with E-state index in [9.17, 15) is 0 Å². The summed E-state index contributed by atoms with van der Waals surface area (Å²) in [5, 5.41) is 7.12. The van der Waals surface area contributed by atoms with Crippen molar-refractivity contribution in [1.29, 1.82) is 0 Å². The Hall–Kier alpha value is -2.76. The van der Waals surface area contributed by atoms with Crippen LogP contribution in [0.2, 0.25) is 0 Å². The Morgan fingerprint density at radius 2 is 2.03 bits per heavy atom. The summed E-state index contributed by atoms with van der Waals surface area (Å²) in [6.45, 7) is 3.53. The van der Waals surface area contributed by atoms with E-state index < -0.39 is 0 Å². The number of fused-ring (bicyclic) bond motifs is 1. The quantitative estimate of drug-likeness (QED) is 0.579. The monoisotopic (exact) mass is 407 g/mol. The number of nitrogens with one attached hydrogen (secondary N) is 2. The van der Waals surface area contributed by atoms with Gasteiger partial charge < -0.3 is 20.3 Å². The Bertz CT molecular complexity index is 889. The lowest BCUT2D eigenvalue weighted by Gasteiger charge is -2.40. The zero-order chi connectivity index (χ0) is 21.0. The third kappa shape index (κ3) is 4.53. The smallest absolute Gasteiger partial charge is 0.192 e. The first-order chi connectivity index (χ1) is 14.6. The van der Waals surface area contributed by atoms with Crippen molar-refractivity contribution in [3.8, 4) is 5.75 Å². The van der Waals surface area contributed by atoms with Crippen molar-refractivity contribution in [2.75, 3.05) is 25.5 Å². The van der Waals surface area contributed by atoms with Crippen LogP contribution in [-0.2, 0) is 6.54 Å². The molecule has 6 nitrogen and oxygen atoms in total. The molecular weight excluding hydrogens is 374 g/mol. The van der Waals surface area contributed by atoms with Gasteiger partial charge in [0, 0.05) is 38.8 Å². The van der Waals surface area contributed by atoms with Crippen LogP contribution in [0, 0.1) is 0 Å². The lowest BCUT2D eigenvalue weighted by atomic mass is 9.86. The zero-order valence-corrected chi connectivity index (χ0v) is 18.3. The van der Waals surface area contributed by atoms with Crippen LogP contribution < -0.4 is 20.3 Å². The highest BCUT2D eigenvalue weighted by molar-refractivity contribution is 5.80. The second-order valence-corrected chi connectivity index (χ2v) is 8.54. The van der Waals surface area contributed by atoms with Crippen molar-refractivity contribution in [2.45, 2.75) is 57.2 Å². The highest BCUT2D eigenvalue weighted by Crippen LogP contribution is 2.46. The second kappa shape index (κ2) is 8.94. The molecule has 2 aliphatic rings. The van der Waals surface area contributed by atoms with Crippen LogP contribution in [-0.4, -0.2) is 37.2 Å². The Balaban J connectivity index is 1.54. The molecule has 1 aromatic carbocycles. The molecule has 30 heavy (non-hydrogen) atoms. The molecule has 2 heterocycles. The van der Waals surface area contributed by atoms with Crippen LogP contribution in [0.25, 0.3) is 0 Å². The number of guanidine groups is 1. The second-order valence-electron chi connectivity index (χ2n) is 8.54. The minimum Gasteiger partial charge on any atom is -0.487 e. The van der Waals surface area contributed by atoms with Gasteiger partial charge in [-0.2, -0.15) is 0 Å². The minimum absolute atomic E-state index is 0.0327. The summed E-state index contributed by atoms with van der Waals surface area (Å²) >= 11 is 0. The molecule has 0 amide bonds. The van der Waals surface area contributed by atoms with Crippen LogP contribution in [0.5, 0.6) is 5.75 Å². The van der Waals surface area contributed by atoms with Gasteiger partial charge in [0.25, 0.3) is 0 Å². The highest BCUT2D eigenvalue weighted by Gasteiger charge is 2.43. The van der Waals surface area contributed by atoms with Crippen molar-refractivity contribution in [3.05, 3.63) is 53.7 Å². The van der Waals surface area contributed by atoms with E-state index in [4.69, 9.17) is 9.73 Å². The number of hydrogen-bond donors (Lipinski definition) is 2. The average Bonchev–Trinajstić information content (AvgIpc) is 3.19. The van der Waals surface area contributed by atoms with E-state index in [0.29, 0.717) is 6.54 Å². The number of hydrogen-bond acceptors (Lipinski definition) is 4. The summed E-state index contributed by atoms with van der Waals surface area (Å²) in [6, 6.07) is 12.7. The van der Waals surface area contributed by atoms with Gasteiger partial charge >= 0.3 is 0 Å². The van der Waals surface area contributed by atoms with E-state index in [1.165, 1.54) is 18.4 Å². The fourth-order valence-electron chi connectivity index (χ4n) is 4.53. The molecule has 1 saturated carbocycles. The Labute approximate surface area is 179 Å². The summed E-state index contributed by atoms with van der Waals surface area (Å²) in [6.07, 6.45) is 7.60. The van der Waals surface area contributed by atoms with E-state index in [0.717, 1.165) is 48.9 Å². The molecule has 4 rings (SSSR count). The van der Waals surface area contributed by atoms with Gasteiger partial charge in [-0.3, -0.25) is 0 Å². The molecule has 2 N–H and O–H groups in total. The van der Waals surface area contributed by atoms with E-state index in [1.54, 1.807) is 0 Å². The van der Waals surface area contributed by atoms with Gasteiger partial charge in [0.05, 0.1) is 12.6 Å². The molecule has 2 aromatic rings. The van der Waals surface area contributed by atoms with Crippen LogP contribution in [0.1, 0.15) is 56.2 Å². The van der Waals surface area contributed by atoms with E-state index in [-0.39, 0.29) is 11.6 Å². The molecule has 1 fully saturated rings. The van der Waals surface area contributed by atoms with E-state index >= 15 is 0 Å². The SMILES string of the molecule is CCNC(=NCc1ccnc(N(C)C)c1)NC1CC2(CCCC2)Oc2ccccc21. The van der Waals surface area contributed by atoms with Gasteiger partial charge in [-0.15, -0.1) is 0 Å². The molecule has 1 aromatic heterocycles. The molecule has 1 atom stereocenters. The summed E-state index contributed by atoms with van der Waals surface area (Å²) in [5.74, 6) is 2.81. The van der Waals surface area contributed by atoms with Crippen molar-refractivity contribution < 1.29 is 4.74 Å². The zero-order valence-electron chi connectivity index (χ0n) is 18.3. The molecule has 0 radical (unpaired) electrons. The lowest BCUT2D eigenvalue weighted by Crippen LogP contribution is -2.46. The van der Waals surface area contributed by atoms with Crippen molar-refractivity contribution in [2.24, 2.45) is 4.99 Å². The first-order valence-electron chi connectivity index (χ1n) is 11.0. The molecule has 1 unspecified atom stereocenters. The van der Waals surface area contributed by atoms with Crippen LogP contribution in [0.15, 0.2) is 47.6 Å². The normalized spacial score (nSPS) is 19.8. The fourth-order valence-corrected chi connectivity index (χ4v) is 4.53. The van der Waals surface area contributed by atoms with Gasteiger partial charge in [-0.1, -0.05) is 18.2 Å². The van der Waals surface area contributed by atoms with Gasteiger partial charge in [-0.25, -0.2) is 9.98 Å². The molecule has 160 valence electrons. The maximum Gasteiger partial charge on any atom is 0.192 e. The third-order valence-electron chi connectivity index (χ3n) is 6.05. The predicted octanol–water partition coefficient (Wildman–Crippen LogP) is 4.04. The molecule has 0 bridgehead atoms. The summed E-state index contributed by atoms with van der Waals surface area (Å²) in [5.41, 5.74) is 2.33. The van der Waals surface area contributed by atoms with Gasteiger partial charge in [0.15, 0.2) is 5.96 Å². The maximum atomic E-state index is 6.51. The standard InChI is InChI=1S/C24H33N5O/c1-4-25-23(27-17-18-11-14-26-22(15-18)29(2)3)28-20-16-24(12-7-8-13-24)30-21-10-6-5-9-19(20)21/h5-6,9-11,14-15,20H,4,7-8,12-13,16-17H2,1-3H3,(H2,25,27,28). The van der Waals surface area contributed by atoms with Crippen LogP contribution in [0.4, 0.5) is 5.82 Å². The first kappa shape index (κ1) is 20.5. The van der Waals surface area contributed by atoms with Crippen molar-refractivity contribution in [1.82, 2.24) is 15.6 Å². The number of aliphatic imine (C=N–C) groups is 1. The predicted molar refractivity (Wildman–Crippen MR) is 122 cm³/mol. The summed E-state index contributed by atoms with van der Waals surface area (Å²) in [7, 11) is 4.00. The molecule has 0 saturated heterocycles. The highest BCUT2D eigenvalue weighted by atomic mass is 16.5. The lowest BCUT2D eigenvalue weighted by molar-refractivity contribution is 0.0396. The molecule has 1 aliphatic carbocycles. The number of anilines is 1. The molecule has 1 aliphatic heterocycles. The first-order valence-corrected chi connectivity index (χ1v) is 11.0.